The second-order valence-corrected chi connectivity index (χ2v) is 7.19. The molecule has 1 fully saturated rings. The minimum Gasteiger partial charge on any atom is -0.486 e. The summed E-state index contributed by atoms with van der Waals surface area (Å²) in [6.07, 6.45) is 2.11. The number of hydrogen-bond donors (Lipinski definition) is 1. The van der Waals surface area contributed by atoms with Crippen molar-refractivity contribution in [3.8, 4) is 11.5 Å². The molecule has 1 aliphatic rings. The van der Waals surface area contributed by atoms with E-state index < -0.39 is 15.6 Å². The summed E-state index contributed by atoms with van der Waals surface area (Å²) >= 11 is 0. The number of hydrogen-bond acceptors (Lipinski definition) is 4. The van der Waals surface area contributed by atoms with E-state index in [2.05, 4.69) is 0 Å². The van der Waals surface area contributed by atoms with Crippen LogP contribution >= 0.6 is 0 Å². The number of primary sulfonamides is 1. The SMILES string of the molecule is CC(C)(C)Oc1c(OC2CC2)cccc1S(N)(=O)=O. The van der Waals surface area contributed by atoms with Gasteiger partial charge in [0, 0.05) is 0 Å². The Morgan fingerprint density at radius 1 is 1.26 bits per heavy atom. The third kappa shape index (κ3) is 3.84. The van der Waals surface area contributed by atoms with Gasteiger partial charge in [-0.25, -0.2) is 13.6 Å². The van der Waals surface area contributed by atoms with Crippen LogP contribution in [0.15, 0.2) is 23.1 Å². The minimum atomic E-state index is -3.85. The van der Waals surface area contributed by atoms with Crippen LogP contribution < -0.4 is 14.6 Å². The fourth-order valence-electron chi connectivity index (χ4n) is 1.58. The highest BCUT2D eigenvalue weighted by molar-refractivity contribution is 7.89. The Morgan fingerprint density at radius 2 is 1.89 bits per heavy atom. The van der Waals surface area contributed by atoms with Crippen molar-refractivity contribution in [3.63, 3.8) is 0 Å². The van der Waals surface area contributed by atoms with E-state index in [1.807, 2.05) is 20.8 Å². The zero-order valence-electron chi connectivity index (χ0n) is 11.3. The summed E-state index contributed by atoms with van der Waals surface area (Å²) in [6.45, 7) is 5.52. The average Bonchev–Trinajstić information content (AvgIpc) is 3.00. The molecule has 0 aromatic heterocycles. The van der Waals surface area contributed by atoms with E-state index in [1.54, 1.807) is 12.1 Å². The minimum absolute atomic E-state index is 0.0411. The highest BCUT2D eigenvalue weighted by Crippen LogP contribution is 2.39. The molecule has 106 valence electrons. The molecule has 0 radical (unpaired) electrons. The lowest BCUT2D eigenvalue weighted by Crippen LogP contribution is -2.25. The summed E-state index contributed by atoms with van der Waals surface area (Å²) < 4.78 is 34.7. The Bertz CT molecular complexity index is 571. The van der Waals surface area contributed by atoms with Crippen molar-refractivity contribution in [1.29, 1.82) is 0 Å². The fourth-order valence-corrected chi connectivity index (χ4v) is 2.25. The third-order valence-corrected chi connectivity index (χ3v) is 3.41. The number of benzene rings is 1. The van der Waals surface area contributed by atoms with Gasteiger partial charge in [0.2, 0.25) is 10.0 Å². The molecule has 1 aromatic carbocycles. The molecule has 0 aliphatic heterocycles. The van der Waals surface area contributed by atoms with Gasteiger partial charge in [0.05, 0.1) is 6.10 Å². The van der Waals surface area contributed by atoms with Crippen molar-refractivity contribution in [3.05, 3.63) is 18.2 Å². The van der Waals surface area contributed by atoms with Crippen molar-refractivity contribution in [2.24, 2.45) is 5.14 Å². The number of sulfonamides is 1. The van der Waals surface area contributed by atoms with E-state index in [0.29, 0.717) is 5.75 Å². The van der Waals surface area contributed by atoms with Gasteiger partial charge in [0.1, 0.15) is 10.5 Å². The molecule has 1 aromatic rings. The van der Waals surface area contributed by atoms with Gasteiger partial charge in [-0.3, -0.25) is 0 Å². The molecular weight excluding hydrogens is 266 g/mol. The van der Waals surface area contributed by atoms with Gasteiger partial charge in [-0.1, -0.05) is 6.07 Å². The van der Waals surface area contributed by atoms with Gasteiger partial charge in [-0.15, -0.1) is 0 Å². The summed E-state index contributed by atoms with van der Waals surface area (Å²) in [7, 11) is -3.85. The molecule has 5 nitrogen and oxygen atoms in total. The first-order valence-electron chi connectivity index (χ1n) is 6.18. The van der Waals surface area contributed by atoms with Crippen molar-refractivity contribution in [2.45, 2.75) is 50.2 Å². The standard InChI is InChI=1S/C13H19NO4S/c1-13(2,3)18-12-10(17-9-7-8-9)5-4-6-11(12)19(14,15)16/h4-6,9H,7-8H2,1-3H3,(H2,14,15,16). The van der Waals surface area contributed by atoms with Crippen molar-refractivity contribution in [1.82, 2.24) is 0 Å². The Kier molecular flexibility index (Phi) is 3.49. The number of para-hydroxylation sites is 1. The smallest absolute Gasteiger partial charge is 0.241 e. The predicted octanol–water partition coefficient (Wildman–Crippen LogP) is 2.05. The van der Waals surface area contributed by atoms with Crippen LogP contribution in [0.4, 0.5) is 0 Å². The quantitative estimate of drug-likeness (QED) is 0.918. The van der Waals surface area contributed by atoms with Gasteiger partial charge in [0.15, 0.2) is 11.5 Å². The first kappa shape index (κ1) is 14.1. The topological polar surface area (TPSA) is 78.6 Å². The van der Waals surface area contributed by atoms with Crippen molar-refractivity contribution >= 4 is 10.0 Å². The van der Waals surface area contributed by atoms with Gasteiger partial charge in [0.25, 0.3) is 0 Å². The lowest BCUT2D eigenvalue weighted by Gasteiger charge is -2.24. The van der Waals surface area contributed by atoms with Crippen LogP contribution in [0, 0.1) is 0 Å². The van der Waals surface area contributed by atoms with Crippen LogP contribution in [-0.2, 0) is 10.0 Å². The number of nitrogens with two attached hydrogens (primary N) is 1. The van der Waals surface area contributed by atoms with Crippen LogP contribution in [0.1, 0.15) is 33.6 Å². The van der Waals surface area contributed by atoms with E-state index in [1.165, 1.54) is 6.07 Å². The third-order valence-electron chi connectivity index (χ3n) is 2.48. The van der Waals surface area contributed by atoms with Crippen LogP contribution in [0.2, 0.25) is 0 Å². The molecule has 2 N–H and O–H groups in total. The molecule has 2 rings (SSSR count). The average molecular weight is 285 g/mol. The summed E-state index contributed by atoms with van der Waals surface area (Å²) in [5.74, 6) is 0.633. The second-order valence-electron chi connectivity index (χ2n) is 5.66. The molecule has 0 saturated heterocycles. The number of rotatable bonds is 4. The van der Waals surface area contributed by atoms with Crippen LogP contribution in [0.5, 0.6) is 11.5 Å². The van der Waals surface area contributed by atoms with Gasteiger partial charge < -0.3 is 9.47 Å². The van der Waals surface area contributed by atoms with E-state index in [4.69, 9.17) is 14.6 Å². The van der Waals surface area contributed by atoms with Gasteiger partial charge in [-0.05, 0) is 45.7 Å². The first-order chi connectivity index (χ1) is 8.67. The monoisotopic (exact) mass is 285 g/mol. The van der Waals surface area contributed by atoms with Crippen LogP contribution in [0.25, 0.3) is 0 Å². The molecule has 0 unspecified atom stereocenters. The van der Waals surface area contributed by atoms with Crippen molar-refractivity contribution in [2.75, 3.05) is 0 Å². The highest BCUT2D eigenvalue weighted by Gasteiger charge is 2.29. The summed E-state index contributed by atoms with van der Waals surface area (Å²) in [5, 5.41) is 5.23. The molecule has 1 saturated carbocycles. The van der Waals surface area contributed by atoms with E-state index in [0.717, 1.165) is 12.8 Å². The Balaban J connectivity index is 2.47. The summed E-state index contributed by atoms with van der Waals surface area (Å²) in [4.78, 5) is -0.0411. The second kappa shape index (κ2) is 4.68. The molecule has 0 heterocycles. The largest absolute Gasteiger partial charge is 0.486 e. The fraction of sp³-hybridized carbons (Fsp3) is 0.538. The van der Waals surface area contributed by atoms with E-state index in [-0.39, 0.29) is 16.7 Å². The molecule has 0 bridgehead atoms. The van der Waals surface area contributed by atoms with E-state index in [9.17, 15) is 8.42 Å². The highest BCUT2D eigenvalue weighted by atomic mass is 32.2. The Labute approximate surface area is 113 Å². The maximum Gasteiger partial charge on any atom is 0.241 e. The Morgan fingerprint density at radius 3 is 2.37 bits per heavy atom. The van der Waals surface area contributed by atoms with Crippen LogP contribution in [0.3, 0.4) is 0 Å². The molecule has 0 amide bonds. The molecule has 0 spiro atoms. The van der Waals surface area contributed by atoms with Crippen LogP contribution in [-0.4, -0.2) is 20.1 Å². The summed E-state index contributed by atoms with van der Waals surface area (Å²) in [5.41, 5.74) is -0.539. The lowest BCUT2D eigenvalue weighted by molar-refractivity contribution is 0.118. The van der Waals surface area contributed by atoms with Gasteiger partial charge in [-0.2, -0.15) is 0 Å². The molecule has 0 atom stereocenters. The zero-order valence-corrected chi connectivity index (χ0v) is 12.2. The predicted molar refractivity (Wildman–Crippen MR) is 71.8 cm³/mol. The molecule has 19 heavy (non-hydrogen) atoms. The zero-order chi connectivity index (χ0) is 14.3. The molecule has 6 heteroatoms. The van der Waals surface area contributed by atoms with E-state index >= 15 is 0 Å². The maximum atomic E-state index is 11.6. The molecular formula is C13H19NO4S. The lowest BCUT2D eigenvalue weighted by atomic mass is 10.2. The Hall–Kier alpha value is -1.27. The number of ether oxygens (including phenoxy) is 2. The van der Waals surface area contributed by atoms with Crippen molar-refractivity contribution < 1.29 is 17.9 Å². The normalized spacial score (nSPS) is 16.2. The van der Waals surface area contributed by atoms with Gasteiger partial charge >= 0.3 is 0 Å². The first-order valence-corrected chi connectivity index (χ1v) is 7.73. The maximum absolute atomic E-state index is 11.6. The molecule has 1 aliphatic carbocycles. The summed E-state index contributed by atoms with van der Waals surface area (Å²) in [6, 6.07) is 4.73.